The highest BCUT2D eigenvalue weighted by Crippen LogP contribution is 2.44. The first-order valence-corrected chi connectivity index (χ1v) is 3.71. The van der Waals surface area contributed by atoms with Crippen LogP contribution >= 0.6 is 0 Å². The molecule has 0 heterocycles. The van der Waals surface area contributed by atoms with Gasteiger partial charge in [0.25, 0.3) is 0 Å². The number of hydrogen-bond donors (Lipinski definition) is 3. The van der Waals surface area contributed by atoms with Crippen molar-refractivity contribution in [1.82, 2.24) is 0 Å². The van der Waals surface area contributed by atoms with Crippen molar-refractivity contribution < 1.29 is 19.8 Å². The van der Waals surface area contributed by atoms with Crippen molar-refractivity contribution >= 4 is 11.9 Å². The molecule has 0 aliphatic heterocycles. The summed E-state index contributed by atoms with van der Waals surface area (Å²) in [5, 5.41) is 16.9. The van der Waals surface area contributed by atoms with Crippen molar-refractivity contribution in [3.8, 4) is 0 Å². The van der Waals surface area contributed by atoms with Crippen LogP contribution in [-0.2, 0) is 9.59 Å². The number of carboxylic acid groups (broad SMARTS) is 2. The fourth-order valence-electron chi connectivity index (χ4n) is 1.27. The number of nitrogens with two attached hydrogens (primary N) is 1. The van der Waals surface area contributed by atoms with Crippen molar-refractivity contribution in [2.24, 2.45) is 11.7 Å². The average molecular weight is 173 g/mol. The van der Waals surface area contributed by atoms with Crippen LogP contribution in [0.4, 0.5) is 0 Å². The minimum Gasteiger partial charge on any atom is -0.481 e. The maximum absolute atomic E-state index is 10.5. The van der Waals surface area contributed by atoms with E-state index in [-0.39, 0.29) is 12.3 Å². The first kappa shape index (κ1) is 8.99. The summed E-state index contributed by atoms with van der Waals surface area (Å²) in [5.41, 5.74) is 4.28. The van der Waals surface area contributed by atoms with Crippen LogP contribution in [0.1, 0.15) is 19.3 Å². The van der Waals surface area contributed by atoms with Crippen LogP contribution in [-0.4, -0.2) is 27.7 Å². The molecular formula is C7H11NO4. The zero-order valence-corrected chi connectivity index (χ0v) is 6.49. The maximum Gasteiger partial charge on any atom is 0.323 e. The third kappa shape index (κ3) is 1.55. The third-order valence-electron chi connectivity index (χ3n) is 2.26. The van der Waals surface area contributed by atoms with Crippen LogP contribution in [0.3, 0.4) is 0 Å². The first-order chi connectivity index (χ1) is 5.47. The Morgan fingerprint density at radius 3 is 2.42 bits per heavy atom. The quantitative estimate of drug-likeness (QED) is 0.539. The van der Waals surface area contributed by atoms with Gasteiger partial charge in [0.2, 0.25) is 0 Å². The van der Waals surface area contributed by atoms with Gasteiger partial charge in [-0.1, -0.05) is 0 Å². The smallest absolute Gasteiger partial charge is 0.323 e. The Morgan fingerprint density at radius 1 is 1.50 bits per heavy atom. The van der Waals surface area contributed by atoms with E-state index in [2.05, 4.69) is 0 Å². The average Bonchev–Trinajstić information content (AvgIpc) is 2.59. The van der Waals surface area contributed by atoms with Gasteiger partial charge in [0.1, 0.15) is 5.54 Å². The summed E-state index contributed by atoms with van der Waals surface area (Å²) in [4.78, 5) is 20.6. The Kier molecular flexibility index (Phi) is 2.06. The Morgan fingerprint density at radius 2 is 2.08 bits per heavy atom. The van der Waals surface area contributed by atoms with Gasteiger partial charge in [-0.2, -0.15) is 0 Å². The van der Waals surface area contributed by atoms with Gasteiger partial charge >= 0.3 is 11.9 Å². The van der Waals surface area contributed by atoms with E-state index in [1.807, 2.05) is 0 Å². The molecule has 0 aromatic carbocycles. The predicted molar refractivity (Wildman–Crippen MR) is 39.5 cm³/mol. The van der Waals surface area contributed by atoms with E-state index in [9.17, 15) is 9.59 Å². The van der Waals surface area contributed by atoms with Crippen molar-refractivity contribution in [3.63, 3.8) is 0 Å². The highest BCUT2D eigenvalue weighted by atomic mass is 16.4. The Balaban J connectivity index is 2.32. The van der Waals surface area contributed by atoms with Gasteiger partial charge in [-0.05, 0) is 18.8 Å². The fraction of sp³-hybridized carbons (Fsp3) is 0.714. The second-order valence-corrected chi connectivity index (χ2v) is 3.18. The number of carboxylic acids is 2. The molecule has 0 aromatic heterocycles. The zero-order chi connectivity index (χ0) is 9.35. The predicted octanol–water partition coefficient (Wildman–Crippen LogP) is -0.347. The van der Waals surface area contributed by atoms with Gasteiger partial charge in [-0.15, -0.1) is 0 Å². The Bertz CT molecular complexity index is 227. The van der Waals surface area contributed by atoms with Crippen LogP contribution in [0.2, 0.25) is 0 Å². The lowest BCUT2D eigenvalue weighted by Gasteiger charge is -2.02. The van der Waals surface area contributed by atoms with Gasteiger partial charge in [0, 0.05) is 6.42 Å². The van der Waals surface area contributed by atoms with E-state index in [0.717, 1.165) is 0 Å². The van der Waals surface area contributed by atoms with E-state index < -0.39 is 17.5 Å². The molecule has 5 heteroatoms. The van der Waals surface area contributed by atoms with E-state index in [1.54, 1.807) is 0 Å². The highest BCUT2D eigenvalue weighted by molar-refractivity contribution is 5.83. The molecule has 68 valence electrons. The molecule has 1 aliphatic carbocycles. The molecule has 0 aromatic rings. The van der Waals surface area contributed by atoms with E-state index in [4.69, 9.17) is 15.9 Å². The van der Waals surface area contributed by atoms with Crippen LogP contribution in [0.15, 0.2) is 0 Å². The van der Waals surface area contributed by atoms with Gasteiger partial charge in [-0.25, -0.2) is 0 Å². The number of rotatable bonds is 4. The summed E-state index contributed by atoms with van der Waals surface area (Å²) in [5.74, 6) is -2.10. The molecule has 1 rings (SSSR count). The number of aliphatic carboxylic acids is 2. The molecule has 1 aliphatic rings. The maximum atomic E-state index is 10.5. The van der Waals surface area contributed by atoms with Crippen LogP contribution in [0.5, 0.6) is 0 Å². The molecule has 4 N–H and O–H groups in total. The molecule has 0 unspecified atom stereocenters. The van der Waals surface area contributed by atoms with E-state index in [1.165, 1.54) is 0 Å². The number of hydrogen-bond acceptors (Lipinski definition) is 3. The van der Waals surface area contributed by atoms with Crippen LogP contribution in [0, 0.1) is 5.92 Å². The highest BCUT2D eigenvalue weighted by Gasteiger charge is 2.56. The van der Waals surface area contributed by atoms with Gasteiger partial charge in [-0.3, -0.25) is 9.59 Å². The largest absolute Gasteiger partial charge is 0.481 e. The molecule has 12 heavy (non-hydrogen) atoms. The summed E-state index contributed by atoms with van der Waals surface area (Å²) in [7, 11) is 0. The second-order valence-electron chi connectivity index (χ2n) is 3.18. The molecule has 1 fully saturated rings. The molecule has 0 radical (unpaired) electrons. The zero-order valence-electron chi connectivity index (χ0n) is 6.49. The van der Waals surface area contributed by atoms with Gasteiger partial charge in [0.15, 0.2) is 0 Å². The van der Waals surface area contributed by atoms with Crippen molar-refractivity contribution in [1.29, 1.82) is 0 Å². The first-order valence-electron chi connectivity index (χ1n) is 3.71. The lowest BCUT2D eigenvalue weighted by atomic mass is 10.1. The minimum atomic E-state index is -1.14. The molecule has 5 nitrogen and oxygen atoms in total. The third-order valence-corrected chi connectivity index (χ3v) is 2.26. The van der Waals surface area contributed by atoms with Crippen molar-refractivity contribution in [2.75, 3.05) is 0 Å². The van der Waals surface area contributed by atoms with Crippen LogP contribution < -0.4 is 5.73 Å². The van der Waals surface area contributed by atoms with E-state index >= 15 is 0 Å². The van der Waals surface area contributed by atoms with Crippen LogP contribution in [0.25, 0.3) is 0 Å². The monoisotopic (exact) mass is 173 g/mol. The number of carbonyl (C=O) groups is 2. The Hall–Kier alpha value is -1.10. The summed E-state index contributed by atoms with van der Waals surface area (Å²) in [6.07, 6.45) is 0.755. The lowest BCUT2D eigenvalue weighted by Crippen LogP contribution is -2.35. The topological polar surface area (TPSA) is 101 Å². The summed E-state index contributed by atoms with van der Waals surface area (Å²) in [6.45, 7) is 0. The summed E-state index contributed by atoms with van der Waals surface area (Å²) in [6, 6.07) is 0. The summed E-state index contributed by atoms with van der Waals surface area (Å²) >= 11 is 0. The lowest BCUT2D eigenvalue weighted by molar-refractivity contribution is -0.141. The molecule has 0 spiro atoms. The second kappa shape index (κ2) is 2.75. The molecule has 0 saturated heterocycles. The molecule has 2 atom stereocenters. The van der Waals surface area contributed by atoms with Gasteiger partial charge < -0.3 is 15.9 Å². The van der Waals surface area contributed by atoms with Crippen molar-refractivity contribution in [2.45, 2.75) is 24.8 Å². The molecule has 0 bridgehead atoms. The molecular weight excluding hydrogens is 162 g/mol. The molecule has 1 saturated carbocycles. The summed E-state index contributed by atoms with van der Waals surface area (Å²) < 4.78 is 0. The standard InChI is InChI=1S/C7H11NO4/c8-7(6(11)12)3-4(7)1-2-5(9)10/h4H,1-3,8H2,(H,9,10)(H,11,12)/t4-,7+/m1/s1. The SMILES string of the molecule is N[C@@]1(C(=O)O)C[C@H]1CCC(=O)O. The Labute approximate surface area is 69.2 Å². The van der Waals surface area contributed by atoms with Crippen molar-refractivity contribution in [3.05, 3.63) is 0 Å². The van der Waals surface area contributed by atoms with E-state index in [0.29, 0.717) is 12.8 Å². The van der Waals surface area contributed by atoms with Gasteiger partial charge in [0.05, 0.1) is 0 Å². The fourth-order valence-corrected chi connectivity index (χ4v) is 1.27. The normalized spacial score (nSPS) is 32.9. The molecule has 0 amide bonds. The minimum absolute atomic E-state index is 0.00308.